The van der Waals surface area contributed by atoms with Gasteiger partial charge in [-0.3, -0.25) is 9.78 Å². The van der Waals surface area contributed by atoms with Crippen LogP contribution in [0.15, 0.2) is 35.1 Å². The SMILES string of the molecule is N#Cc1c(-c2ccc(F)cc2)cc(=O)[nH]c1O. The van der Waals surface area contributed by atoms with Gasteiger partial charge >= 0.3 is 0 Å². The van der Waals surface area contributed by atoms with Crippen LogP contribution in [0.5, 0.6) is 5.88 Å². The van der Waals surface area contributed by atoms with Gasteiger partial charge in [0.15, 0.2) is 0 Å². The number of H-pyrrole nitrogens is 1. The van der Waals surface area contributed by atoms with Crippen molar-refractivity contribution in [3.8, 4) is 23.1 Å². The molecule has 0 fully saturated rings. The molecular formula is C12H7FN2O2. The molecule has 1 aromatic carbocycles. The van der Waals surface area contributed by atoms with Crippen LogP contribution in [-0.4, -0.2) is 10.1 Å². The molecule has 0 spiro atoms. The number of aromatic nitrogens is 1. The van der Waals surface area contributed by atoms with Crippen LogP contribution in [-0.2, 0) is 0 Å². The second-order valence-corrected chi connectivity index (χ2v) is 3.39. The van der Waals surface area contributed by atoms with E-state index < -0.39 is 17.3 Å². The quantitative estimate of drug-likeness (QED) is 0.783. The van der Waals surface area contributed by atoms with Crippen molar-refractivity contribution in [3.05, 3.63) is 52.1 Å². The average Bonchev–Trinajstić information content (AvgIpc) is 2.29. The Morgan fingerprint density at radius 3 is 2.53 bits per heavy atom. The summed E-state index contributed by atoms with van der Waals surface area (Å²) in [4.78, 5) is 13.3. The van der Waals surface area contributed by atoms with E-state index in [9.17, 15) is 14.3 Å². The molecule has 0 atom stereocenters. The van der Waals surface area contributed by atoms with Gasteiger partial charge in [-0.15, -0.1) is 0 Å². The van der Waals surface area contributed by atoms with Gasteiger partial charge in [0.25, 0.3) is 5.56 Å². The Hall–Kier alpha value is -2.61. The summed E-state index contributed by atoms with van der Waals surface area (Å²) >= 11 is 0. The molecule has 0 saturated heterocycles. The molecule has 17 heavy (non-hydrogen) atoms. The Balaban J connectivity index is 2.71. The van der Waals surface area contributed by atoms with Crippen LogP contribution in [0.2, 0.25) is 0 Å². The number of benzene rings is 1. The van der Waals surface area contributed by atoms with Gasteiger partial charge in [-0.1, -0.05) is 12.1 Å². The third kappa shape index (κ3) is 2.01. The maximum Gasteiger partial charge on any atom is 0.251 e. The molecular weight excluding hydrogens is 223 g/mol. The number of nitriles is 1. The minimum atomic E-state index is -0.527. The summed E-state index contributed by atoms with van der Waals surface area (Å²) < 4.78 is 12.8. The summed E-state index contributed by atoms with van der Waals surface area (Å²) in [6.07, 6.45) is 0. The van der Waals surface area contributed by atoms with Crippen molar-refractivity contribution in [2.45, 2.75) is 0 Å². The van der Waals surface area contributed by atoms with Crippen molar-refractivity contribution in [1.82, 2.24) is 4.98 Å². The zero-order valence-electron chi connectivity index (χ0n) is 8.57. The predicted octanol–water partition coefficient (Wildman–Crippen LogP) is 1.76. The summed E-state index contributed by atoms with van der Waals surface area (Å²) in [5.74, 6) is -0.902. The smallest absolute Gasteiger partial charge is 0.251 e. The molecule has 1 aromatic heterocycles. The lowest BCUT2D eigenvalue weighted by molar-refractivity contribution is 0.450. The largest absolute Gasteiger partial charge is 0.494 e. The van der Waals surface area contributed by atoms with Crippen molar-refractivity contribution in [2.24, 2.45) is 0 Å². The monoisotopic (exact) mass is 230 g/mol. The second kappa shape index (κ2) is 4.10. The highest BCUT2D eigenvalue weighted by molar-refractivity contribution is 5.72. The first-order chi connectivity index (χ1) is 8.11. The van der Waals surface area contributed by atoms with E-state index in [2.05, 4.69) is 4.98 Å². The van der Waals surface area contributed by atoms with E-state index in [1.54, 1.807) is 6.07 Å². The van der Waals surface area contributed by atoms with E-state index >= 15 is 0 Å². The number of aromatic hydroxyl groups is 1. The van der Waals surface area contributed by atoms with Gasteiger partial charge in [-0.2, -0.15) is 5.26 Å². The van der Waals surface area contributed by atoms with Crippen LogP contribution in [0.3, 0.4) is 0 Å². The van der Waals surface area contributed by atoms with E-state index in [1.165, 1.54) is 30.3 Å². The Morgan fingerprint density at radius 1 is 1.29 bits per heavy atom. The van der Waals surface area contributed by atoms with Crippen LogP contribution in [0.1, 0.15) is 5.56 Å². The first-order valence-corrected chi connectivity index (χ1v) is 4.74. The van der Waals surface area contributed by atoms with E-state index in [4.69, 9.17) is 5.26 Å². The number of hydrogen-bond acceptors (Lipinski definition) is 3. The number of nitrogens with one attached hydrogen (secondary N) is 1. The molecule has 0 amide bonds. The van der Waals surface area contributed by atoms with E-state index in [1.807, 2.05) is 0 Å². The highest BCUT2D eigenvalue weighted by Gasteiger charge is 2.11. The van der Waals surface area contributed by atoms with Gasteiger partial charge in [-0.05, 0) is 17.7 Å². The number of nitrogens with zero attached hydrogens (tertiary/aromatic N) is 1. The molecule has 0 aliphatic carbocycles. The normalized spacial score (nSPS) is 9.88. The highest BCUT2D eigenvalue weighted by Crippen LogP contribution is 2.26. The minimum Gasteiger partial charge on any atom is -0.494 e. The number of halogens is 1. The summed E-state index contributed by atoms with van der Waals surface area (Å²) in [6.45, 7) is 0. The molecule has 0 bridgehead atoms. The van der Waals surface area contributed by atoms with Crippen LogP contribution in [0, 0.1) is 17.1 Å². The Kier molecular flexibility index (Phi) is 2.63. The molecule has 0 radical (unpaired) electrons. The Labute approximate surface area is 95.6 Å². The van der Waals surface area contributed by atoms with Crippen LogP contribution >= 0.6 is 0 Å². The fourth-order valence-corrected chi connectivity index (χ4v) is 1.52. The average molecular weight is 230 g/mol. The van der Waals surface area contributed by atoms with Gasteiger partial charge in [0.2, 0.25) is 5.88 Å². The van der Waals surface area contributed by atoms with E-state index in [0.29, 0.717) is 5.56 Å². The highest BCUT2D eigenvalue weighted by atomic mass is 19.1. The molecule has 0 saturated carbocycles. The number of aromatic amines is 1. The minimum absolute atomic E-state index is 0.0452. The predicted molar refractivity (Wildman–Crippen MR) is 58.8 cm³/mol. The molecule has 0 unspecified atom stereocenters. The van der Waals surface area contributed by atoms with Gasteiger partial charge in [0.1, 0.15) is 17.4 Å². The van der Waals surface area contributed by atoms with Gasteiger partial charge in [0, 0.05) is 11.6 Å². The van der Waals surface area contributed by atoms with Gasteiger partial charge in [-0.25, -0.2) is 4.39 Å². The van der Waals surface area contributed by atoms with Crippen LogP contribution in [0.4, 0.5) is 4.39 Å². The van der Waals surface area contributed by atoms with Gasteiger partial charge < -0.3 is 5.11 Å². The standard InChI is InChI=1S/C12H7FN2O2/c13-8-3-1-7(2-4-8)9-5-11(16)15-12(17)10(9)6-14/h1-5H,(H2,15,16,17). The molecule has 2 N–H and O–H groups in total. The van der Waals surface area contributed by atoms with Crippen LogP contribution < -0.4 is 5.56 Å². The van der Waals surface area contributed by atoms with Crippen LogP contribution in [0.25, 0.3) is 11.1 Å². The molecule has 1 heterocycles. The summed E-state index contributed by atoms with van der Waals surface area (Å²) in [6, 6.07) is 8.28. The van der Waals surface area contributed by atoms with Crippen molar-refractivity contribution in [1.29, 1.82) is 5.26 Å². The molecule has 2 aromatic rings. The number of hydrogen-bond donors (Lipinski definition) is 2. The lowest BCUT2D eigenvalue weighted by Gasteiger charge is -2.04. The Bertz CT molecular complexity index is 654. The van der Waals surface area contributed by atoms with E-state index in [-0.39, 0.29) is 11.1 Å². The van der Waals surface area contributed by atoms with Crippen molar-refractivity contribution >= 4 is 0 Å². The summed E-state index contributed by atoms with van der Waals surface area (Å²) in [5, 5.41) is 18.3. The third-order valence-electron chi connectivity index (χ3n) is 2.29. The maximum atomic E-state index is 12.8. The molecule has 4 nitrogen and oxygen atoms in total. The molecule has 2 rings (SSSR count). The number of pyridine rings is 1. The fourth-order valence-electron chi connectivity index (χ4n) is 1.52. The van der Waals surface area contributed by atoms with Crippen molar-refractivity contribution < 1.29 is 9.50 Å². The lowest BCUT2D eigenvalue weighted by Crippen LogP contribution is -2.06. The summed E-state index contributed by atoms with van der Waals surface area (Å²) in [5.41, 5.74) is 0.190. The number of rotatable bonds is 1. The topological polar surface area (TPSA) is 76.9 Å². The van der Waals surface area contributed by atoms with Crippen molar-refractivity contribution in [3.63, 3.8) is 0 Å². The van der Waals surface area contributed by atoms with Gasteiger partial charge in [0.05, 0.1) is 0 Å². The van der Waals surface area contributed by atoms with Crippen molar-refractivity contribution in [2.75, 3.05) is 0 Å². The Morgan fingerprint density at radius 2 is 1.94 bits per heavy atom. The lowest BCUT2D eigenvalue weighted by atomic mass is 10.0. The zero-order chi connectivity index (χ0) is 12.4. The molecule has 5 heteroatoms. The second-order valence-electron chi connectivity index (χ2n) is 3.39. The first kappa shape index (κ1) is 10.9. The third-order valence-corrected chi connectivity index (χ3v) is 2.29. The summed E-state index contributed by atoms with van der Waals surface area (Å²) in [7, 11) is 0. The molecule has 0 aliphatic rings. The maximum absolute atomic E-state index is 12.8. The van der Waals surface area contributed by atoms with E-state index in [0.717, 1.165) is 0 Å². The fraction of sp³-hybridized carbons (Fsp3) is 0. The molecule has 0 aliphatic heterocycles. The molecule has 84 valence electrons. The first-order valence-electron chi connectivity index (χ1n) is 4.74. The zero-order valence-corrected chi connectivity index (χ0v) is 8.57.